The lowest BCUT2D eigenvalue weighted by atomic mass is 10.3. The normalized spacial score (nSPS) is 16.3. The quantitative estimate of drug-likeness (QED) is 0.723. The first-order chi connectivity index (χ1) is 13.8. The summed E-state index contributed by atoms with van der Waals surface area (Å²) >= 11 is 1.53. The smallest absolute Gasteiger partial charge is 0.225 e. The maximum Gasteiger partial charge on any atom is 0.225 e. The molecule has 3 rings (SSSR count). The number of carbonyl (C=O) groups is 2. The van der Waals surface area contributed by atoms with E-state index in [9.17, 15) is 18.0 Å². The Morgan fingerprint density at radius 3 is 2.66 bits per heavy atom. The number of fused-ring (bicyclic) bond motifs is 1. The van der Waals surface area contributed by atoms with Gasteiger partial charge >= 0.3 is 0 Å². The second kappa shape index (κ2) is 8.87. The number of thioether (sulfide) groups is 1. The lowest BCUT2D eigenvalue weighted by Gasteiger charge is -2.11. The van der Waals surface area contributed by atoms with Gasteiger partial charge in [-0.3, -0.25) is 9.59 Å². The highest BCUT2D eigenvalue weighted by atomic mass is 32.2. The summed E-state index contributed by atoms with van der Waals surface area (Å²) in [6.45, 7) is 1.95. The molecule has 0 aliphatic carbocycles. The molecule has 7 nitrogen and oxygen atoms in total. The Morgan fingerprint density at radius 2 is 1.97 bits per heavy atom. The molecule has 1 aliphatic rings. The van der Waals surface area contributed by atoms with E-state index >= 15 is 0 Å². The minimum absolute atomic E-state index is 0.0870. The molecule has 1 atom stereocenters. The van der Waals surface area contributed by atoms with Gasteiger partial charge in [0.2, 0.25) is 11.8 Å². The lowest BCUT2D eigenvalue weighted by Crippen LogP contribution is -2.18. The van der Waals surface area contributed by atoms with Crippen LogP contribution in [0.3, 0.4) is 0 Å². The van der Waals surface area contributed by atoms with Gasteiger partial charge in [0.05, 0.1) is 23.4 Å². The van der Waals surface area contributed by atoms with Gasteiger partial charge in [-0.2, -0.15) is 0 Å². The summed E-state index contributed by atoms with van der Waals surface area (Å²) in [6.07, 6.45) is 0.191. The highest BCUT2D eigenvalue weighted by Gasteiger charge is 2.23. The van der Waals surface area contributed by atoms with Gasteiger partial charge in [-0.15, -0.1) is 11.8 Å². The van der Waals surface area contributed by atoms with Crippen molar-refractivity contribution in [2.45, 2.75) is 34.8 Å². The summed E-state index contributed by atoms with van der Waals surface area (Å²) in [5, 5.41) is 5.54. The summed E-state index contributed by atoms with van der Waals surface area (Å²) in [5.74, 6) is -0.206. The number of anilines is 2. The van der Waals surface area contributed by atoms with Crippen molar-refractivity contribution < 1.29 is 22.7 Å². The Labute approximate surface area is 174 Å². The Kier molecular flexibility index (Phi) is 6.49. The van der Waals surface area contributed by atoms with E-state index in [4.69, 9.17) is 4.74 Å². The van der Waals surface area contributed by atoms with Crippen molar-refractivity contribution in [3.63, 3.8) is 0 Å². The molecule has 154 valence electrons. The van der Waals surface area contributed by atoms with Crippen molar-refractivity contribution in [1.29, 1.82) is 0 Å². The molecule has 0 aromatic heterocycles. The highest BCUT2D eigenvalue weighted by Crippen LogP contribution is 2.36. The topological polar surface area (TPSA) is 102 Å². The first-order valence-electron chi connectivity index (χ1n) is 9.04. The molecule has 9 heteroatoms. The molecule has 2 N–H and O–H groups in total. The van der Waals surface area contributed by atoms with E-state index in [2.05, 4.69) is 10.6 Å². The minimum atomic E-state index is -3.68. The molecule has 2 aromatic rings. The third kappa shape index (κ3) is 5.51. The standard InChI is InChI=1S/C20H22N2O5S2/c1-13-11-20(24)22-17-12-16(7-8-18(17)28-13)29(25,26)10-9-19(23)21-14-3-5-15(27-2)6-4-14/h3-8,12-13H,9-11H2,1-2H3,(H,21,23)(H,22,24). The van der Waals surface area contributed by atoms with Crippen molar-refractivity contribution in [1.82, 2.24) is 0 Å². The van der Waals surface area contributed by atoms with Crippen molar-refractivity contribution in [2.75, 3.05) is 23.5 Å². The average molecular weight is 435 g/mol. The van der Waals surface area contributed by atoms with Crippen LogP contribution in [0.2, 0.25) is 0 Å². The summed E-state index contributed by atoms with van der Waals surface area (Å²) < 4.78 is 30.4. The molecule has 0 radical (unpaired) electrons. The fourth-order valence-corrected chi connectivity index (χ4v) is 5.18. The fraction of sp³-hybridized carbons (Fsp3) is 0.300. The second-order valence-electron chi connectivity index (χ2n) is 6.68. The van der Waals surface area contributed by atoms with Crippen LogP contribution >= 0.6 is 11.8 Å². The third-order valence-electron chi connectivity index (χ3n) is 4.36. The molecule has 0 saturated heterocycles. The fourth-order valence-electron chi connectivity index (χ4n) is 2.87. The van der Waals surface area contributed by atoms with Crippen LogP contribution in [0.4, 0.5) is 11.4 Å². The largest absolute Gasteiger partial charge is 0.497 e. The molecule has 29 heavy (non-hydrogen) atoms. The Balaban J connectivity index is 1.66. The lowest BCUT2D eigenvalue weighted by molar-refractivity contribution is -0.116. The molecule has 0 bridgehead atoms. The Bertz CT molecular complexity index is 1020. The molecule has 1 unspecified atom stereocenters. The maximum absolute atomic E-state index is 12.7. The third-order valence-corrected chi connectivity index (χ3v) is 7.25. The van der Waals surface area contributed by atoms with Crippen LogP contribution in [0.1, 0.15) is 19.8 Å². The molecule has 0 saturated carbocycles. The van der Waals surface area contributed by atoms with E-state index in [0.717, 1.165) is 4.90 Å². The number of hydrogen-bond acceptors (Lipinski definition) is 6. The maximum atomic E-state index is 12.7. The molecule has 2 aromatic carbocycles. The molecule has 0 spiro atoms. The van der Waals surface area contributed by atoms with Gasteiger partial charge in [0.25, 0.3) is 0 Å². The van der Waals surface area contributed by atoms with Gasteiger partial charge in [0, 0.05) is 28.7 Å². The van der Waals surface area contributed by atoms with Crippen LogP contribution in [0.5, 0.6) is 5.75 Å². The number of carbonyl (C=O) groups excluding carboxylic acids is 2. The second-order valence-corrected chi connectivity index (χ2v) is 10.3. The number of benzene rings is 2. The number of nitrogens with one attached hydrogen (secondary N) is 2. The van der Waals surface area contributed by atoms with E-state index in [1.165, 1.54) is 23.9 Å². The van der Waals surface area contributed by atoms with E-state index in [-0.39, 0.29) is 28.2 Å². The zero-order valence-electron chi connectivity index (χ0n) is 16.1. The van der Waals surface area contributed by atoms with Gasteiger partial charge in [-0.25, -0.2) is 8.42 Å². The molecule has 0 fully saturated rings. The van der Waals surface area contributed by atoms with E-state index in [1.54, 1.807) is 37.4 Å². The number of amides is 2. The Hall–Kier alpha value is -2.52. The summed E-state index contributed by atoms with van der Waals surface area (Å²) in [6, 6.07) is 11.5. The van der Waals surface area contributed by atoms with E-state index < -0.39 is 15.7 Å². The van der Waals surface area contributed by atoms with Crippen LogP contribution in [0, 0.1) is 0 Å². The van der Waals surface area contributed by atoms with Gasteiger partial charge < -0.3 is 15.4 Å². The van der Waals surface area contributed by atoms with Crippen molar-refractivity contribution in [3.8, 4) is 5.75 Å². The van der Waals surface area contributed by atoms with E-state index in [1.807, 2.05) is 6.92 Å². The zero-order chi connectivity index (χ0) is 21.0. The molecule has 1 aliphatic heterocycles. The number of hydrogen-bond donors (Lipinski definition) is 2. The molecule has 2 amide bonds. The zero-order valence-corrected chi connectivity index (χ0v) is 17.7. The SMILES string of the molecule is COc1ccc(NC(=O)CCS(=O)(=O)c2ccc3c(c2)NC(=O)CC(C)S3)cc1. The predicted molar refractivity (Wildman–Crippen MR) is 113 cm³/mol. The van der Waals surface area contributed by atoms with Crippen LogP contribution < -0.4 is 15.4 Å². The number of methoxy groups -OCH3 is 1. The Morgan fingerprint density at radius 1 is 1.24 bits per heavy atom. The van der Waals surface area contributed by atoms with Crippen LogP contribution in [-0.4, -0.2) is 38.3 Å². The molecular weight excluding hydrogens is 412 g/mol. The minimum Gasteiger partial charge on any atom is -0.497 e. The van der Waals surface area contributed by atoms with Crippen LogP contribution in [-0.2, 0) is 19.4 Å². The van der Waals surface area contributed by atoms with E-state index in [0.29, 0.717) is 23.5 Å². The van der Waals surface area contributed by atoms with Gasteiger partial charge in [-0.05, 0) is 42.5 Å². The number of sulfone groups is 1. The van der Waals surface area contributed by atoms with Gasteiger partial charge in [-0.1, -0.05) is 6.92 Å². The summed E-state index contributed by atoms with van der Waals surface area (Å²) in [4.78, 5) is 25.0. The number of rotatable bonds is 6. The van der Waals surface area contributed by atoms with Gasteiger partial charge in [0.1, 0.15) is 5.75 Å². The first-order valence-corrected chi connectivity index (χ1v) is 11.6. The summed E-state index contributed by atoms with van der Waals surface area (Å²) in [5.41, 5.74) is 1.06. The number of ether oxygens (including phenoxy) is 1. The van der Waals surface area contributed by atoms with Crippen LogP contribution in [0.15, 0.2) is 52.3 Å². The van der Waals surface area contributed by atoms with Crippen LogP contribution in [0.25, 0.3) is 0 Å². The van der Waals surface area contributed by atoms with Crippen molar-refractivity contribution in [2.24, 2.45) is 0 Å². The molecule has 1 heterocycles. The van der Waals surface area contributed by atoms with Gasteiger partial charge in [0.15, 0.2) is 9.84 Å². The summed E-state index contributed by atoms with van der Waals surface area (Å²) in [7, 11) is -2.13. The average Bonchev–Trinajstić information content (AvgIpc) is 2.82. The van der Waals surface area contributed by atoms with Crippen molar-refractivity contribution >= 4 is 44.8 Å². The predicted octanol–water partition coefficient (Wildman–Crippen LogP) is 3.32. The molecular formula is C20H22N2O5S2. The first kappa shape index (κ1) is 21.2. The monoisotopic (exact) mass is 434 g/mol. The highest BCUT2D eigenvalue weighted by molar-refractivity contribution is 8.00. The van der Waals surface area contributed by atoms with Crippen molar-refractivity contribution in [3.05, 3.63) is 42.5 Å².